The van der Waals surface area contributed by atoms with Crippen molar-refractivity contribution in [3.63, 3.8) is 0 Å². The van der Waals surface area contributed by atoms with E-state index < -0.39 is 34.0 Å². The van der Waals surface area contributed by atoms with Gasteiger partial charge in [-0.3, -0.25) is 0 Å². The normalized spacial score (nSPS) is 16.2. The minimum Gasteiger partial charge on any atom is -0.437 e. The van der Waals surface area contributed by atoms with Crippen molar-refractivity contribution >= 4 is 39.2 Å². The molecule has 0 bridgehead atoms. The summed E-state index contributed by atoms with van der Waals surface area (Å²) in [4.78, 5) is 0. The Bertz CT molecular complexity index is 502. The first kappa shape index (κ1) is 21.0. The summed E-state index contributed by atoms with van der Waals surface area (Å²) < 4.78 is 25.2. The Morgan fingerprint density at radius 1 is 0.652 bits per heavy atom. The molecular weight excluding hydrogens is 357 g/mol. The minimum atomic E-state index is -2.62. The predicted molar refractivity (Wildman–Crippen MR) is 106 cm³/mol. The molecule has 1 aromatic carbocycles. The smallest absolute Gasteiger partial charge is 0.351 e. The zero-order valence-corrected chi connectivity index (χ0v) is 20.0. The molecule has 0 amide bonds. The van der Waals surface area contributed by atoms with Crippen molar-refractivity contribution in [2.75, 3.05) is 7.11 Å². The van der Waals surface area contributed by atoms with Gasteiger partial charge in [0.05, 0.1) is 0 Å². The lowest BCUT2D eigenvalue weighted by Crippen LogP contribution is -2.63. The van der Waals surface area contributed by atoms with Crippen molar-refractivity contribution in [3.05, 3.63) is 30.3 Å². The highest BCUT2D eigenvalue weighted by Gasteiger charge is 2.47. The lowest BCUT2D eigenvalue weighted by atomic mass is 10.4. The molecular formula is C15H32O4Si4. The maximum Gasteiger partial charge on any atom is 0.351 e. The molecule has 0 saturated heterocycles. The summed E-state index contributed by atoms with van der Waals surface area (Å²) in [5.74, 6) is 0. The second kappa shape index (κ2) is 7.44. The number of hydrogen-bond donors (Lipinski definition) is 0. The molecule has 1 rings (SSSR count). The second-order valence-electron chi connectivity index (χ2n) is 7.73. The highest BCUT2D eigenvalue weighted by Crippen LogP contribution is 2.24. The molecule has 23 heavy (non-hydrogen) atoms. The fraction of sp³-hybridized carbons (Fsp3) is 0.600. The molecule has 0 aromatic heterocycles. The SMILES string of the molecule is CO[Si](C)(C)O[Si](C)(O[Si](C)(C)O[Si](C)(C)C)c1ccccc1. The van der Waals surface area contributed by atoms with E-state index in [0.717, 1.165) is 5.19 Å². The van der Waals surface area contributed by atoms with Crippen LogP contribution in [0.4, 0.5) is 0 Å². The van der Waals surface area contributed by atoms with Crippen molar-refractivity contribution in [2.24, 2.45) is 0 Å². The molecule has 0 saturated carbocycles. The van der Waals surface area contributed by atoms with Crippen LogP contribution in [0.25, 0.3) is 0 Å². The van der Waals surface area contributed by atoms with E-state index in [0.29, 0.717) is 0 Å². The van der Waals surface area contributed by atoms with Crippen molar-refractivity contribution < 1.29 is 16.8 Å². The third-order valence-electron chi connectivity index (χ3n) is 3.22. The maximum absolute atomic E-state index is 6.65. The summed E-state index contributed by atoms with van der Waals surface area (Å²) in [6, 6.07) is 10.3. The molecule has 0 aliphatic heterocycles. The minimum absolute atomic E-state index is 1.12. The first-order valence-electron chi connectivity index (χ1n) is 8.00. The summed E-state index contributed by atoms with van der Waals surface area (Å²) in [5, 5.41) is 1.12. The molecule has 0 aliphatic rings. The van der Waals surface area contributed by atoms with Crippen LogP contribution in [-0.2, 0) is 16.8 Å². The van der Waals surface area contributed by atoms with Crippen LogP contribution in [-0.4, -0.2) is 41.1 Å². The molecule has 8 heteroatoms. The molecule has 0 heterocycles. The number of benzene rings is 1. The molecule has 0 fully saturated rings. The van der Waals surface area contributed by atoms with E-state index in [1.54, 1.807) is 7.11 Å². The molecule has 132 valence electrons. The van der Waals surface area contributed by atoms with E-state index in [1.807, 2.05) is 18.2 Å². The van der Waals surface area contributed by atoms with Crippen molar-refractivity contribution in [2.45, 2.75) is 52.4 Å². The van der Waals surface area contributed by atoms with E-state index in [9.17, 15) is 0 Å². The van der Waals surface area contributed by atoms with Gasteiger partial charge < -0.3 is 16.8 Å². The standard InChI is InChI=1S/C15H32O4Si4/c1-16-21(5,6)18-23(9,15-13-11-10-12-14-15)19-22(7,8)17-20(2,3)4/h10-14H,1-9H3. The van der Waals surface area contributed by atoms with Gasteiger partial charge in [0.1, 0.15) is 0 Å². The third-order valence-corrected chi connectivity index (χ3v) is 17.1. The van der Waals surface area contributed by atoms with E-state index >= 15 is 0 Å². The average molecular weight is 389 g/mol. The Morgan fingerprint density at radius 3 is 1.57 bits per heavy atom. The lowest BCUT2D eigenvalue weighted by Gasteiger charge is -2.41. The van der Waals surface area contributed by atoms with Crippen LogP contribution in [0.2, 0.25) is 52.4 Å². The first-order chi connectivity index (χ1) is 10.3. The molecule has 0 aliphatic carbocycles. The quantitative estimate of drug-likeness (QED) is 0.633. The van der Waals surface area contributed by atoms with Gasteiger partial charge in [0.25, 0.3) is 0 Å². The lowest BCUT2D eigenvalue weighted by molar-refractivity contribution is 0.270. The zero-order valence-electron chi connectivity index (χ0n) is 16.0. The van der Waals surface area contributed by atoms with Gasteiger partial charge in [-0.1, -0.05) is 30.3 Å². The maximum atomic E-state index is 6.65. The highest BCUT2D eigenvalue weighted by atomic mass is 28.5. The fourth-order valence-electron chi connectivity index (χ4n) is 2.62. The van der Waals surface area contributed by atoms with Crippen LogP contribution in [0, 0.1) is 0 Å². The molecule has 1 aromatic rings. The fourth-order valence-corrected chi connectivity index (χ4v) is 19.2. The van der Waals surface area contributed by atoms with E-state index in [2.05, 4.69) is 64.5 Å². The van der Waals surface area contributed by atoms with Crippen LogP contribution in [0.5, 0.6) is 0 Å². The van der Waals surface area contributed by atoms with Crippen LogP contribution in [0.1, 0.15) is 0 Å². The van der Waals surface area contributed by atoms with Crippen molar-refractivity contribution in [1.29, 1.82) is 0 Å². The van der Waals surface area contributed by atoms with Gasteiger partial charge >= 0.3 is 25.7 Å². The third kappa shape index (κ3) is 7.14. The van der Waals surface area contributed by atoms with Crippen molar-refractivity contribution in [3.8, 4) is 0 Å². The summed E-state index contributed by atoms with van der Waals surface area (Å²) >= 11 is 0. The van der Waals surface area contributed by atoms with Crippen LogP contribution >= 0.6 is 0 Å². The van der Waals surface area contributed by atoms with Gasteiger partial charge in [0.15, 0.2) is 8.32 Å². The molecule has 0 spiro atoms. The van der Waals surface area contributed by atoms with Crippen LogP contribution in [0.3, 0.4) is 0 Å². The van der Waals surface area contributed by atoms with Crippen molar-refractivity contribution in [1.82, 2.24) is 0 Å². The van der Waals surface area contributed by atoms with Crippen LogP contribution < -0.4 is 5.19 Å². The molecule has 0 radical (unpaired) electrons. The molecule has 4 nitrogen and oxygen atoms in total. The summed E-state index contributed by atoms with van der Waals surface area (Å²) in [6.45, 7) is 17.0. The summed E-state index contributed by atoms with van der Waals surface area (Å²) in [6.07, 6.45) is 0. The molecule has 1 unspecified atom stereocenters. The topological polar surface area (TPSA) is 36.9 Å². The monoisotopic (exact) mass is 388 g/mol. The largest absolute Gasteiger partial charge is 0.437 e. The van der Waals surface area contributed by atoms with Gasteiger partial charge in [0, 0.05) is 7.11 Å². The number of rotatable bonds is 8. The van der Waals surface area contributed by atoms with E-state index in [1.165, 1.54) is 0 Å². The van der Waals surface area contributed by atoms with Gasteiger partial charge in [-0.25, -0.2) is 0 Å². The molecule has 1 atom stereocenters. The van der Waals surface area contributed by atoms with E-state index in [-0.39, 0.29) is 0 Å². The predicted octanol–water partition coefficient (Wildman–Crippen LogP) is 3.90. The van der Waals surface area contributed by atoms with Gasteiger partial charge in [-0.15, -0.1) is 0 Å². The Morgan fingerprint density at radius 2 is 1.13 bits per heavy atom. The zero-order chi connectivity index (χ0) is 17.9. The Balaban J connectivity index is 3.15. The average Bonchev–Trinajstić information content (AvgIpc) is 2.35. The highest BCUT2D eigenvalue weighted by molar-refractivity contribution is 6.94. The summed E-state index contributed by atoms with van der Waals surface area (Å²) in [5.41, 5.74) is 0. The number of hydrogen-bond acceptors (Lipinski definition) is 4. The summed E-state index contributed by atoms with van der Waals surface area (Å²) in [7, 11) is -7.13. The first-order valence-corrected chi connectivity index (χ1v) is 19.4. The van der Waals surface area contributed by atoms with E-state index in [4.69, 9.17) is 16.8 Å². The van der Waals surface area contributed by atoms with Gasteiger partial charge in [0.2, 0.25) is 0 Å². The van der Waals surface area contributed by atoms with Gasteiger partial charge in [-0.05, 0) is 57.6 Å². The van der Waals surface area contributed by atoms with Crippen LogP contribution in [0.15, 0.2) is 30.3 Å². The molecule has 0 N–H and O–H groups in total. The Kier molecular flexibility index (Phi) is 6.78. The Labute approximate surface area is 146 Å². The second-order valence-corrected chi connectivity index (χ2v) is 22.9. The Hall–Kier alpha value is -0.0725. The van der Waals surface area contributed by atoms with Gasteiger partial charge in [-0.2, -0.15) is 0 Å².